The van der Waals surface area contributed by atoms with Crippen LogP contribution in [0.3, 0.4) is 0 Å². The molecular formula is C14H15N3O4. The topological polar surface area (TPSA) is 119 Å². The SMILES string of the molecule is NC(=O)c1cc(OC[C@@H](O)CO)nc(-c2ccccc2)n1. The van der Waals surface area contributed by atoms with Gasteiger partial charge in [0.1, 0.15) is 18.4 Å². The van der Waals surface area contributed by atoms with Crippen molar-refractivity contribution in [2.75, 3.05) is 13.2 Å². The van der Waals surface area contributed by atoms with E-state index in [-0.39, 0.29) is 18.2 Å². The minimum absolute atomic E-state index is 0.0114. The molecule has 4 N–H and O–H groups in total. The summed E-state index contributed by atoms with van der Waals surface area (Å²) in [6, 6.07) is 10.3. The number of hydrogen-bond donors (Lipinski definition) is 3. The number of primary amides is 1. The lowest BCUT2D eigenvalue weighted by Crippen LogP contribution is -2.22. The summed E-state index contributed by atoms with van der Waals surface area (Å²) in [5.74, 6) is -0.312. The lowest BCUT2D eigenvalue weighted by molar-refractivity contribution is 0.0520. The number of aromatic nitrogens is 2. The Morgan fingerprint density at radius 2 is 2.00 bits per heavy atom. The van der Waals surface area contributed by atoms with Gasteiger partial charge in [-0.3, -0.25) is 4.79 Å². The van der Waals surface area contributed by atoms with E-state index in [1.54, 1.807) is 12.1 Å². The summed E-state index contributed by atoms with van der Waals surface area (Å²) in [5.41, 5.74) is 5.95. The van der Waals surface area contributed by atoms with Gasteiger partial charge in [-0.2, -0.15) is 4.98 Å². The number of hydrogen-bond acceptors (Lipinski definition) is 6. The van der Waals surface area contributed by atoms with Crippen LogP contribution >= 0.6 is 0 Å². The highest BCUT2D eigenvalue weighted by Crippen LogP contribution is 2.19. The molecule has 2 rings (SSSR count). The molecule has 21 heavy (non-hydrogen) atoms. The number of nitrogens with zero attached hydrogens (tertiary/aromatic N) is 2. The molecule has 0 bridgehead atoms. The van der Waals surface area contributed by atoms with E-state index >= 15 is 0 Å². The van der Waals surface area contributed by atoms with Crippen molar-refractivity contribution in [2.45, 2.75) is 6.10 Å². The molecule has 110 valence electrons. The number of ether oxygens (including phenoxy) is 1. The van der Waals surface area contributed by atoms with E-state index in [1.165, 1.54) is 6.07 Å². The molecule has 0 unspecified atom stereocenters. The van der Waals surface area contributed by atoms with Gasteiger partial charge in [-0.05, 0) is 0 Å². The molecule has 0 aliphatic heterocycles. The molecule has 2 aromatic rings. The molecule has 1 aromatic heterocycles. The third kappa shape index (κ3) is 3.98. The average molecular weight is 289 g/mol. The van der Waals surface area contributed by atoms with Crippen LogP contribution in [0.4, 0.5) is 0 Å². The molecule has 1 atom stereocenters. The van der Waals surface area contributed by atoms with Crippen LogP contribution in [-0.2, 0) is 0 Å². The molecule has 0 fully saturated rings. The van der Waals surface area contributed by atoms with E-state index in [2.05, 4.69) is 9.97 Å². The summed E-state index contributed by atoms with van der Waals surface area (Å²) < 4.78 is 5.24. The third-order valence-electron chi connectivity index (χ3n) is 2.62. The fourth-order valence-electron chi connectivity index (χ4n) is 1.58. The van der Waals surface area contributed by atoms with Crippen molar-refractivity contribution in [1.29, 1.82) is 0 Å². The smallest absolute Gasteiger partial charge is 0.267 e. The predicted molar refractivity (Wildman–Crippen MR) is 74.6 cm³/mol. The van der Waals surface area contributed by atoms with Gasteiger partial charge in [0.25, 0.3) is 5.91 Å². The lowest BCUT2D eigenvalue weighted by Gasteiger charge is -2.10. The Morgan fingerprint density at radius 1 is 1.29 bits per heavy atom. The van der Waals surface area contributed by atoms with E-state index < -0.39 is 18.6 Å². The molecule has 0 aliphatic rings. The number of aliphatic hydroxyl groups is 2. The molecule has 1 heterocycles. The van der Waals surface area contributed by atoms with Crippen molar-refractivity contribution in [3.8, 4) is 17.3 Å². The summed E-state index contributed by atoms with van der Waals surface area (Å²) >= 11 is 0. The molecule has 1 aromatic carbocycles. The quantitative estimate of drug-likeness (QED) is 0.687. The summed E-state index contributed by atoms with van der Waals surface area (Å²) in [4.78, 5) is 19.5. The van der Waals surface area contributed by atoms with Crippen LogP contribution in [0.15, 0.2) is 36.4 Å². The summed E-state index contributed by atoms with van der Waals surface area (Å²) in [7, 11) is 0. The maximum absolute atomic E-state index is 11.3. The van der Waals surface area contributed by atoms with Gasteiger partial charge < -0.3 is 20.7 Å². The maximum atomic E-state index is 11.3. The second-order valence-electron chi connectivity index (χ2n) is 4.29. The highest BCUT2D eigenvalue weighted by Gasteiger charge is 2.12. The zero-order chi connectivity index (χ0) is 15.2. The highest BCUT2D eigenvalue weighted by molar-refractivity contribution is 5.91. The van der Waals surface area contributed by atoms with Gasteiger partial charge in [0, 0.05) is 11.6 Å². The molecule has 0 radical (unpaired) electrons. The third-order valence-corrected chi connectivity index (χ3v) is 2.62. The Balaban J connectivity index is 2.33. The number of carbonyl (C=O) groups excluding carboxylic acids is 1. The standard InChI is InChI=1S/C14H15N3O4/c15-13(20)11-6-12(21-8-10(19)7-18)17-14(16-11)9-4-2-1-3-5-9/h1-6,10,18-19H,7-8H2,(H2,15,20)/t10-/m0/s1. The summed E-state index contributed by atoms with van der Waals surface area (Å²) in [6.45, 7) is -0.584. The fourth-order valence-corrected chi connectivity index (χ4v) is 1.58. The summed E-state index contributed by atoms with van der Waals surface area (Å²) in [5, 5.41) is 18.0. The van der Waals surface area contributed by atoms with Gasteiger partial charge in [0.15, 0.2) is 5.82 Å². The largest absolute Gasteiger partial charge is 0.475 e. The number of benzene rings is 1. The van der Waals surface area contributed by atoms with E-state index in [9.17, 15) is 9.90 Å². The van der Waals surface area contributed by atoms with Crippen LogP contribution in [0.5, 0.6) is 5.88 Å². The van der Waals surface area contributed by atoms with Gasteiger partial charge in [-0.25, -0.2) is 4.98 Å². The van der Waals surface area contributed by atoms with Crippen molar-refractivity contribution in [3.63, 3.8) is 0 Å². The molecule has 0 saturated heterocycles. The maximum Gasteiger partial charge on any atom is 0.267 e. The van der Waals surface area contributed by atoms with Crippen LogP contribution in [0.2, 0.25) is 0 Å². The predicted octanol–water partition coefficient (Wildman–Crippen LogP) is -0.0255. The normalized spacial score (nSPS) is 11.9. The first kappa shape index (κ1) is 14.9. The lowest BCUT2D eigenvalue weighted by atomic mass is 10.2. The van der Waals surface area contributed by atoms with E-state index in [0.29, 0.717) is 11.4 Å². The monoisotopic (exact) mass is 289 g/mol. The van der Waals surface area contributed by atoms with Crippen molar-refractivity contribution in [3.05, 3.63) is 42.1 Å². The number of amides is 1. The first-order chi connectivity index (χ1) is 10.1. The number of carbonyl (C=O) groups is 1. The number of aliphatic hydroxyl groups excluding tert-OH is 2. The zero-order valence-corrected chi connectivity index (χ0v) is 11.1. The minimum atomic E-state index is -1.03. The molecular weight excluding hydrogens is 274 g/mol. The highest BCUT2D eigenvalue weighted by atomic mass is 16.5. The van der Waals surface area contributed by atoms with E-state index in [1.807, 2.05) is 18.2 Å². The molecule has 0 spiro atoms. The van der Waals surface area contributed by atoms with Crippen molar-refractivity contribution in [2.24, 2.45) is 5.73 Å². The van der Waals surface area contributed by atoms with Crippen LogP contribution in [-0.4, -0.2) is 45.4 Å². The Hall–Kier alpha value is -2.51. The van der Waals surface area contributed by atoms with Crippen molar-refractivity contribution < 1.29 is 19.7 Å². The fraction of sp³-hybridized carbons (Fsp3) is 0.214. The zero-order valence-electron chi connectivity index (χ0n) is 11.1. The number of rotatable bonds is 6. The second kappa shape index (κ2) is 6.78. The Kier molecular flexibility index (Phi) is 4.81. The first-order valence-corrected chi connectivity index (χ1v) is 6.26. The Labute approximate surface area is 121 Å². The molecule has 7 heteroatoms. The first-order valence-electron chi connectivity index (χ1n) is 6.26. The summed E-state index contributed by atoms with van der Waals surface area (Å²) in [6.07, 6.45) is -1.03. The molecule has 0 aliphatic carbocycles. The van der Waals surface area contributed by atoms with Gasteiger partial charge in [-0.1, -0.05) is 30.3 Å². The van der Waals surface area contributed by atoms with Crippen LogP contribution in [0, 0.1) is 0 Å². The minimum Gasteiger partial charge on any atom is -0.475 e. The van der Waals surface area contributed by atoms with Gasteiger partial charge in [-0.15, -0.1) is 0 Å². The van der Waals surface area contributed by atoms with Crippen LogP contribution < -0.4 is 10.5 Å². The molecule has 1 amide bonds. The number of nitrogens with two attached hydrogens (primary N) is 1. The van der Waals surface area contributed by atoms with Crippen molar-refractivity contribution >= 4 is 5.91 Å². The van der Waals surface area contributed by atoms with Crippen LogP contribution in [0.25, 0.3) is 11.4 Å². The molecule has 7 nitrogen and oxygen atoms in total. The Morgan fingerprint density at radius 3 is 2.62 bits per heavy atom. The molecule has 0 saturated carbocycles. The van der Waals surface area contributed by atoms with Gasteiger partial charge in [0.2, 0.25) is 5.88 Å². The average Bonchev–Trinajstić information content (AvgIpc) is 2.53. The van der Waals surface area contributed by atoms with Gasteiger partial charge >= 0.3 is 0 Å². The van der Waals surface area contributed by atoms with Crippen molar-refractivity contribution in [1.82, 2.24) is 9.97 Å². The second-order valence-corrected chi connectivity index (χ2v) is 4.29. The van der Waals surface area contributed by atoms with E-state index in [4.69, 9.17) is 15.6 Å². The van der Waals surface area contributed by atoms with Crippen LogP contribution in [0.1, 0.15) is 10.5 Å². The Bertz CT molecular complexity index is 619. The van der Waals surface area contributed by atoms with Gasteiger partial charge in [0.05, 0.1) is 6.61 Å². The van der Waals surface area contributed by atoms with E-state index in [0.717, 1.165) is 0 Å².